The molecule has 126 valence electrons. The highest BCUT2D eigenvalue weighted by molar-refractivity contribution is 5.92. The Morgan fingerprint density at radius 3 is 2.65 bits per heavy atom. The van der Waals surface area contributed by atoms with Gasteiger partial charge in [0.25, 0.3) is 0 Å². The molecule has 4 aromatic rings. The van der Waals surface area contributed by atoms with Gasteiger partial charge < -0.3 is 14.5 Å². The first kappa shape index (κ1) is 14.8. The molecule has 0 fully saturated rings. The number of hydrogen-bond acceptors (Lipinski definition) is 4. The van der Waals surface area contributed by atoms with E-state index in [2.05, 4.69) is 11.4 Å². The van der Waals surface area contributed by atoms with Gasteiger partial charge in [0.15, 0.2) is 11.5 Å². The minimum atomic E-state index is -0.297. The maximum atomic E-state index is 11.7. The number of ether oxygens (including phenoxy) is 1. The van der Waals surface area contributed by atoms with Crippen LogP contribution in [0.25, 0.3) is 22.1 Å². The van der Waals surface area contributed by atoms with E-state index in [1.165, 1.54) is 0 Å². The fourth-order valence-corrected chi connectivity index (χ4v) is 3.29. The first-order valence-electron chi connectivity index (χ1n) is 8.41. The van der Waals surface area contributed by atoms with Crippen molar-refractivity contribution in [3.05, 3.63) is 82.7 Å². The summed E-state index contributed by atoms with van der Waals surface area (Å²) in [4.78, 5) is 11.7. The van der Waals surface area contributed by atoms with Crippen molar-refractivity contribution in [1.29, 1.82) is 0 Å². The summed E-state index contributed by atoms with van der Waals surface area (Å²) in [6, 6.07) is 21.5. The molecule has 26 heavy (non-hydrogen) atoms. The lowest BCUT2D eigenvalue weighted by Gasteiger charge is -2.24. The SMILES string of the molecule is Cc1cc2cc(-c3cccc4c3Nc3ccccc3O4)ccc2oc1=O. The number of hydrogen-bond donors (Lipinski definition) is 1. The third-order valence-electron chi connectivity index (χ3n) is 4.61. The van der Waals surface area contributed by atoms with Gasteiger partial charge in [0, 0.05) is 16.5 Å². The topological polar surface area (TPSA) is 51.5 Å². The molecule has 5 rings (SSSR count). The number of rotatable bonds is 1. The van der Waals surface area contributed by atoms with Crippen molar-refractivity contribution < 1.29 is 9.15 Å². The molecule has 0 unspecified atom stereocenters. The second-order valence-corrected chi connectivity index (χ2v) is 6.37. The number of benzene rings is 3. The number of fused-ring (bicyclic) bond motifs is 3. The maximum absolute atomic E-state index is 11.7. The molecule has 1 aliphatic heterocycles. The summed E-state index contributed by atoms with van der Waals surface area (Å²) in [5.41, 5.74) is 4.81. The van der Waals surface area contributed by atoms with E-state index in [1.54, 1.807) is 6.92 Å². The summed E-state index contributed by atoms with van der Waals surface area (Å²) in [5.74, 6) is 1.60. The largest absolute Gasteiger partial charge is 0.453 e. The molecule has 3 aromatic carbocycles. The Labute approximate surface area is 149 Å². The normalized spacial score (nSPS) is 12.0. The molecular formula is C22H15NO3. The van der Waals surface area contributed by atoms with Gasteiger partial charge >= 0.3 is 5.63 Å². The molecule has 0 radical (unpaired) electrons. The highest BCUT2D eigenvalue weighted by Crippen LogP contribution is 2.46. The Kier molecular flexibility index (Phi) is 3.12. The molecule has 0 spiro atoms. The zero-order valence-corrected chi connectivity index (χ0v) is 14.1. The minimum absolute atomic E-state index is 0.297. The smallest absolute Gasteiger partial charge is 0.339 e. The van der Waals surface area contributed by atoms with Crippen molar-refractivity contribution in [2.45, 2.75) is 6.92 Å². The molecule has 0 amide bonds. The molecule has 0 bridgehead atoms. The molecule has 1 N–H and O–H groups in total. The average molecular weight is 341 g/mol. The van der Waals surface area contributed by atoms with Crippen LogP contribution in [0.2, 0.25) is 0 Å². The quantitative estimate of drug-likeness (QED) is 0.402. The van der Waals surface area contributed by atoms with E-state index in [0.717, 1.165) is 39.4 Å². The van der Waals surface area contributed by atoms with Crippen LogP contribution < -0.4 is 15.7 Å². The third kappa shape index (κ3) is 2.27. The van der Waals surface area contributed by atoms with Crippen LogP contribution in [0.15, 0.2) is 75.9 Å². The van der Waals surface area contributed by atoms with Crippen molar-refractivity contribution >= 4 is 22.3 Å². The first-order chi connectivity index (χ1) is 12.7. The van der Waals surface area contributed by atoms with Gasteiger partial charge in [0.1, 0.15) is 5.58 Å². The van der Waals surface area contributed by atoms with E-state index in [4.69, 9.17) is 9.15 Å². The van der Waals surface area contributed by atoms with Crippen LogP contribution in [0.5, 0.6) is 11.5 Å². The predicted molar refractivity (Wildman–Crippen MR) is 102 cm³/mol. The Bertz CT molecular complexity index is 1220. The highest BCUT2D eigenvalue weighted by atomic mass is 16.5. The van der Waals surface area contributed by atoms with Crippen LogP contribution >= 0.6 is 0 Å². The molecule has 1 aliphatic rings. The van der Waals surface area contributed by atoms with Gasteiger partial charge in [-0.25, -0.2) is 4.79 Å². The van der Waals surface area contributed by atoms with Gasteiger partial charge in [0.05, 0.1) is 11.4 Å². The van der Waals surface area contributed by atoms with E-state index >= 15 is 0 Å². The highest BCUT2D eigenvalue weighted by Gasteiger charge is 2.19. The van der Waals surface area contributed by atoms with Gasteiger partial charge in [-0.15, -0.1) is 0 Å². The molecule has 4 nitrogen and oxygen atoms in total. The fraction of sp³-hybridized carbons (Fsp3) is 0.0455. The maximum Gasteiger partial charge on any atom is 0.339 e. The molecule has 0 saturated heterocycles. The van der Waals surface area contributed by atoms with Gasteiger partial charge in [-0.2, -0.15) is 0 Å². The summed E-state index contributed by atoms with van der Waals surface area (Å²) in [5, 5.41) is 4.38. The van der Waals surface area contributed by atoms with E-state index < -0.39 is 0 Å². The molecular weight excluding hydrogens is 326 g/mol. The summed E-state index contributed by atoms with van der Waals surface area (Å²) in [6.45, 7) is 1.76. The Hall–Kier alpha value is -3.53. The predicted octanol–water partition coefficient (Wildman–Crippen LogP) is 5.62. The molecule has 2 heterocycles. The molecule has 0 atom stereocenters. The lowest BCUT2D eigenvalue weighted by atomic mass is 10.00. The summed E-state index contributed by atoms with van der Waals surface area (Å²) >= 11 is 0. The third-order valence-corrected chi connectivity index (χ3v) is 4.61. The second-order valence-electron chi connectivity index (χ2n) is 6.37. The Balaban J connectivity index is 1.67. The molecule has 4 heteroatoms. The lowest BCUT2D eigenvalue weighted by Crippen LogP contribution is -2.04. The summed E-state index contributed by atoms with van der Waals surface area (Å²) in [7, 11) is 0. The lowest BCUT2D eigenvalue weighted by molar-refractivity contribution is 0.481. The van der Waals surface area contributed by atoms with E-state index in [0.29, 0.717) is 11.1 Å². The van der Waals surface area contributed by atoms with Crippen LogP contribution in [0.3, 0.4) is 0 Å². The standard InChI is InChI=1S/C22H15NO3/c1-13-11-15-12-14(9-10-18(15)26-22(13)24)16-5-4-8-20-21(16)23-17-6-2-3-7-19(17)25-20/h2-12,23H,1H3. The van der Waals surface area contributed by atoms with Gasteiger partial charge in [0.2, 0.25) is 0 Å². The molecule has 1 aromatic heterocycles. The van der Waals surface area contributed by atoms with Crippen LogP contribution in [0.4, 0.5) is 11.4 Å². The van der Waals surface area contributed by atoms with Crippen molar-refractivity contribution in [3.8, 4) is 22.6 Å². The molecule has 0 saturated carbocycles. The monoisotopic (exact) mass is 341 g/mol. The Morgan fingerprint density at radius 2 is 1.73 bits per heavy atom. The number of anilines is 2. The zero-order valence-electron chi connectivity index (χ0n) is 14.1. The number of nitrogens with one attached hydrogen (secondary N) is 1. The van der Waals surface area contributed by atoms with Gasteiger partial charge in [-0.3, -0.25) is 0 Å². The van der Waals surface area contributed by atoms with Crippen molar-refractivity contribution in [2.24, 2.45) is 0 Å². The van der Waals surface area contributed by atoms with Gasteiger partial charge in [-0.05, 0) is 48.9 Å². The second kappa shape index (κ2) is 5.49. The first-order valence-corrected chi connectivity index (χ1v) is 8.41. The molecule has 0 aliphatic carbocycles. The van der Waals surface area contributed by atoms with E-state index in [-0.39, 0.29) is 5.63 Å². The average Bonchev–Trinajstić information content (AvgIpc) is 2.66. The van der Waals surface area contributed by atoms with Crippen LogP contribution in [-0.2, 0) is 0 Å². The van der Waals surface area contributed by atoms with Crippen LogP contribution in [0.1, 0.15) is 5.56 Å². The fourth-order valence-electron chi connectivity index (χ4n) is 3.29. The number of aryl methyl sites for hydroxylation is 1. The van der Waals surface area contributed by atoms with Crippen LogP contribution in [0, 0.1) is 6.92 Å². The number of para-hydroxylation sites is 3. The minimum Gasteiger partial charge on any atom is -0.453 e. The van der Waals surface area contributed by atoms with Crippen LogP contribution in [-0.4, -0.2) is 0 Å². The van der Waals surface area contributed by atoms with Crippen molar-refractivity contribution in [3.63, 3.8) is 0 Å². The summed E-state index contributed by atoms with van der Waals surface area (Å²) in [6.07, 6.45) is 0. The van der Waals surface area contributed by atoms with Gasteiger partial charge in [-0.1, -0.05) is 30.3 Å². The van der Waals surface area contributed by atoms with Crippen molar-refractivity contribution in [2.75, 3.05) is 5.32 Å². The Morgan fingerprint density at radius 1 is 0.885 bits per heavy atom. The van der Waals surface area contributed by atoms with E-state index in [1.807, 2.05) is 60.7 Å². The summed E-state index contributed by atoms with van der Waals surface area (Å²) < 4.78 is 11.4. The van der Waals surface area contributed by atoms with Crippen molar-refractivity contribution in [1.82, 2.24) is 0 Å². The van der Waals surface area contributed by atoms with E-state index in [9.17, 15) is 4.79 Å². The zero-order chi connectivity index (χ0) is 17.7.